The van der Waals surface area contributed by atoms with Crippen LogP contribution >= 0.6 is 11.3 Å². The van der Waals surface area contributed by atoms with Gasteiger partial charge in [-0.2, -0.15) is 14.0 Å². The Morgan fingerprint density at radius 1 is 1.20 bits per heavy atom. The number of thiazole rings is 1. The smallest absolute Gasteiger partial charge is 0.387 e. The highest BCUT2D eigenvalue weighted by atomic mass is 32.1. The largest absolute Gasteiger partial charge is 0.434 e. The first-order valence-electron chi connectivity index (χ1n) is 7.19. The second-order valence-corrected chi connectivity index (χ2v) is 5.72. The lowest BCUT2D eigenvalue weighted by molar-refractivity contribution is -0.0499. The fraction of sp³-hybridized carbons (Fsp3) is 0.0556. The summed E-state index contributed by atoms with van der Waals surface area (Å²) in [6, 6.07) is 12.0. The number of benzene rings is 1. The van der Waals surface area contributed by atoms with Gasteiger partial charge in [0.15, 0.2) is 0 Å². The van der Waals surface area contributed by atoms with E-state index in [9.17, 15) is 14.0 Å². The number of nitriles is 1. The summed E-state index contributed by atoms with van der Waals surface area (Å²) < 4.78 is 29.5. The van der Waals surface area contributed by atoms with E-state index < -0.39 is 6.61 Å². The number of hydrogen-bond acceptors (Lipinski definition) is 5. The Morgan fingerprint density at radius 3 is 2.68 bits per heavy atom. The molecular formula is C18H11F2N3OS. The van der Waals surface area contributed by atoms with Gasteiger partial charge in [-0.05, 0) is 24.3 Å². The van der Waals surface area contributed by atoms with E-state index in [2.05, 4.69) is 20.8 Å². The van der Waals surface area contributed by atoms with E-state index in [-0.39, 0.29) is 11.3 Å². The van der Waals surface area contributed by atoms with Crippen molar-refractivity contribution in [2.24, 2.45) is 0 Å². The number of allylic oxidation sites excluding steroid dienone is 1. The van der Waals surface area contributed by atoms with Crippen LogP contribution in [0.15, 0.2) is 54.2 Å². The zero-order chi connectivity index (χ0) is 17.6. The van der Waals surface area contributed by atoms with E-state index >= 15 is 0 Å². The molecule has 0 fully saturated rings. The number of aromatic nitrogens is 2. The molecule has 3 aromatic rings. The SMILES string of the molecule is N#C/C(=C/c1ccccc1OC(F)F)c1nc(-c2ccncc2)cs1. The Morgan fingerprint density at radius 2 is 1.96 bits per heavy atom. The predicted molar refractivity (Wildman–Crippen MR) is 91.9 cm³/mol. The van der Waals surface area contributed by atoms with Crippen LogP contribution < -0.4 is 4.74 Å². The van der Waals surface area contributed by atoms with E-state index in [4.69, 9.17) is 0 Å². The molecule has 0 saturated heterocycles. The maximum atomic E-state index is 12.5. The lowest BCUT2D eigenvalue weighted by atomic mass is 10.1. The maximum Gasteiger partial charge on any atom is 0.387 e. The van der Waals surface area contributed by atoms with Crippen LogP contribution in [0, 0.1) is 11.3 Å². The fourth-order valence-corrected chi connectivity index (χ4v) is 2.95. The molecule has 4 nitrogen and oxygen atoms in total. The van der Waals surface area contributed by atoms with E-state index in [0.29, 0.717) is 10.6 Å². The van der Waals surface area contributed by atoms with Gasteiger partial charge in [0.25, 0.3) is 0 Å². The molecule has 0 spiro atoms. The van der Waals surface area contributed by atoms with Gasteiger partial charge in [-0.25, -0.2) is 4.98 Å². The summed E-state index contributed by atoms with van der Waals surface area (Å²) in [6.45, 7) is -2.93. The molecule has 0 aliphatic carbocycles. The number of halogens is 2. The Hall–Kier alpha value is -3.11. The maximum absolute atomic E-state index is 12.5. The number of rotatable bonds is 5. The monoisotopic (exact) mass is 355 g/mol. The third kappa shape index (κ3) is 4.05. The molecule has 2 aromatic heterocycles. The molecule has 0 atom stereocenters. The Balaban J connectivity index is 1.95. The summed E-state index contributed by atoms with van der Waals surface area (Å²) in [6.07, 6.45) is 4.81. The number of pyridine rings is 1. The highest BCUT2D eigenvalue weighted by Crippen LogP contribution is 2.29. The average Bonchev–Trinajstić information content (AvgIpc) is 3.11. The summed E-state index contributed by atoms with van der Waals surface area (Å²) in [7, 11) is 0. The lowest BCUT2D eigenvalue weighted by Crippen LogP contribution is -2.03. The third-order valence-corrected chi connectivity index (χ3v) is 4.14. The number of para-hydroxylation sites is 1. The van der Waals surface area contributed by atoms with Crippen molar-refractivity contribution in [2.45, 2.75) is 6.61 Å². The first kappa shape index (κ1) is 16.7. The molecule has 0 radical (unpaired) electrons. The molecule has 0 saturated carbocycles. The van der Waals surface area contributed by atoms with Gasteiger partial charge in [0.05, 0.1) is 11.3 Å². The molecule has 0 aliphatic rings. The molecule has 3 rings (SSSR count). The number of hydrogen-bond donors (Lipinski definition) is 0. The van der Waals surface area contributed by atoms with Gasteiger partial charge in [0.2, 0.25) is 0 Å². The molecule has 124 valence electrons. The molecule has 0 N–H and O–H groups in total. The first-order chi connectivity index (χ1) is 12.2. The van der Waals surface area contributed by atoms with E-state index in [0.717, 1.165) is 11.3 Å². The summed E-state index contributed by atoms with van der Waals surface area (Å²) >= 11 is 1.30. The van der Waals surface area contributed by atoms with Gasteiger partial charge in [0, 0.05) is 28.9 Å². The minimum atomic E-state index is -2.93. The molecule has 0 bridgehead atoms. The Kier molecular flexibility index (Phi) is 5.11. The van der Waals surface area contributed by atoms with Gasteiger partial charge in [-0.1, -0.05) is 18.2 Å². The molecule has 0 aliphatic heterocycles. The summed E-state index contributed by atoms with van der Waals surface area (Å²) in [4.78, 5) is 8.40. The van der Waals surface area contributed by atoms with Crippen molar-refractivity contribution in [3.8, 4) is 23.1 Å². The van der Waals surface area contributed by atoms with Crippen LogP contribution in [0.3, 0.4) is 0 Å². The number of ether oxygens (including phenoxy) is 1. The Bertz CT molecular complexity index is 933. The standard InChI is InChI=1S/C18H11F2N3OS/c19-18(20)24-16-4-2-1-3-13(16)9-14(10-21)17-23-15(11-25-17)12-5-7-22-8-6-12/h1-9,11,18H/b14-9-. The summed E-state index contributed by atoms with van der Waals surface area (Å²) in [5.41, 5.74) is 2.27. The van der Waals surface area contributed by atoms with Crippen LogP contribution in [-0.4, -0.2) is 16.6 Å². The molecular weight excluding hydrogens is 344 g/mol. The molecule has 25 heavy (non-hydrogen) atoms. The van der Waals surface area contributed by atoms with Crippen molar-refractivity contribution in [1.29, 1.82) is 5.26 Å². The van der Waals surface area contributed by atoms with E-state index in [1.54, 1.807) is 30.6 Å². The number of nitrogens with zero attached hydrogens (tertiary/aromatic N) is 3. The molecule has 0 unspecified atom stereocenters. The zero-order valence-electron chi connectivity index (χ0n) is 12.8. The zero-order valence-corrected chi connectivity index (χ0v) is 13.6. The highest BCUT2D eigenvalue weighted by Gasteiger charge is 2.12. The van der Waals surface area contributed by atoms with Gasteiger partial charge < -0.3 is 4.74 Å². The van der Waals surface area contributed by atoms with Crippen molar-refractivity contribution in [3.05, 3.63) is 64.7 Å². The van der Waals surface area contributed by atoms with Gasteiger partial charge in [-0.3, -0.25) is 4.98 Å². The highest BCUT2D eigenvalue weighted by molar-refractivity contribution is 7.11. The fourth-order valence-electron chi connectivity index (χ4n) is 2.15. The summed E-state index contributed by atoms with van der Waals surface area (Å²) in [5.74, 6) is 0.0103. The van der Waals surface area contributed by atoms with Crippen molar-refractivity contribution in [2.75, 3.05) is 0 Å². The number of alkyl halides is 2. The quantitative estimate of drug-likeness (QED) is 0.613. The summed E-state index contributed by atoms with van der Waals surface area (Å²) in [5, 5.41) is 11.8. The topological polar surface area (TPSA) is 58.8 Å². The third-order valence-electron chi connectivity index (χ3n) is 3.27. The van der Waals surface area contributed by atoms with Crippen LogP contribution in [-0.2, 0) is 0 Å². The van der Waals surface area contributed by atoms with E-state index in [1.165, 1.54) is 23.5 Å². The minimum Gasteiger partial charge on any atom is -0.434 e. The van der Waals surface area contributed by atoms with Gasteiger partial charge >= 0.3 is 6.61 Å². The van der Waals surface area contributed by atoms with Gasteiger partial charge in [0.1, 0.15) is 16.8 Å². The lowest BCUT2D eigenvalue weighted by Gasteiger charge is -2.07. The Labute approximate surface area is 146 Å². The van der Waals surface area contributed by atoms with Crippen LogP contribution in [0.2, 0.25) is 0 Å². The second kappa shape index (κ2) is 7.64. The van der Waals surface area contributed by atoms with Gasteiger partial charge in [-0.15, -0.1) is 11.3 Å². The normalized spacial score (nSPS) is 11.4. The van der Waals surface area contributed by atoms with Crippen LogP contribution in [0.1, 0.15) is 10.6 Å². The van der Waals surface area contributed by atoms with Crippen LogP contribution in [0.4, 0.5) is 8.78 Å². The first-order valence-corrected chi connectivity index (χ1v) is 8.07. The average molecular weight is 355 g/mol. The van der Waals surface area contributed by atoms with E-state index in [1.807, 2.05) is 17.5 Å². The van der Waals surface area contributed by atoms with Crippen LogP contribution in [0.25, 0.3) is 22.9 Å². The second-order valence-electron chi connectivity index (χ2n) is 4.86. The molecule has 7 heteroatoms. The van der Waals surface area contributed by atoms with Crippen molar-refractivity contribution >= 4 is 23.0 Å². The minimum absolute atomic E-state index is 0.0103. The van der Waals surface area contributed by atoms with Crippen molar-refractivity contribution in [1.82, 2.24) is 9.97 Å². The molecule has 1 aromatic carbocycles. The van der Waals surface area contributed by atoms with Crippen molar-refractivity contribution < 1.29 is 13.5 Å². The van der Waals surface area contributed by atoms with Crippen molar-refractivity contribution in [3.63, 3.8) is 0 Å². The predicted octanol–water partition coefficient (Wildman–Crippen LogP) is 4.87. The van der Waals surface area contributed by atoms with Crippen LogP contribution in [0.5, 0.6) is 5.75 Å². The molecule has 2 heterocycles. The molecule has 0 amide bonds.